The number of hydrogen-bond acceptors (Lipinski definition) is 6. The molecule has 0 radical (unpaired) electrons. The number of carbonyl (C=O) groups excluding carboxylic acids is 1. The molecule has 0 aliphatic carbocycles. The van der Waals surface area contributed by atoms with Crippen molar-refractivity contribution in [2.24, 2.45) is 0 Å². The number of piperidine rings is 1. The Labute approximate surface area is 109 Å². The molecule has 8 nitrogen and oxygen atoms in total. The van der Waals surface area contributed by atoms with Gasteiger partial charge in [-0.1, -0.05) is 0 Å². The highest BCUT2D eigenvalue weighted by molar-refractivity contribution is 5.98. The maximum absolute atomic E-state index is 12.2. The first-order valence-corrected chi connectivity index (χ1v) is 5.86. The summed E-state index contributed by atoms with van der Waals surface area (Å²) in [4.78, 5) is 27.5. The van der Waals surface area contributed by atoms with Crippen LogP contribution in [0.2, 0.25) is 0 Å². The van der Waals surface area contributed by atoms with Crippen molar-refractivity contribution in [2.45, 2.75) is 18.9 Å². The van der Waals surface area contributed by atoms with Crippen LogP contribution >= 0.6 is 0 Å². The molecule has 102 valence electrons. The summed E-state index contributed by atoms with van der Waals surface area (Å²) in [5, 5.41) is 20.4. The summed E-state index contributed by atoms with van der Waals surface area (Å²) in [5.74, 6) is -0.453. The molecular formula is C11H14N4O4. The second kappa shape index (κ2) is 5.19. The van der Waals surface area contributed by atoms with E-state index >= 15 is 0 Å². The third-order valence-corrected chi connectivity index (χ3v) is 3.01. The molecule has 1 fully saturated rings. The van der Waals surface area contributed by atoms with Gasteiger partial charge in [0.1, 0.15) is 17.6 Å². The standard InChI is InChI=1S/C11H14N4O4/c12-10-4-8(9(5-13-10)15(18)19)11(17)14-3-1-2-7(16)6-14/h4-5,7,16H,1-3,6H2,(H2,12,13). The average Bonchev–Trinajstić information content (AvgIpc) is 2.37. The van der Waals surface area contributed by atoms with Crippen LogP contribution < -0.4 is 5.73 Å². The zero-order valence-electron chi connectivity index (χ0n) is 10.2. The summed E-state index contributed by atoms with van der Waals surface area (Å²) in [5.41, 5.74) is 5.00. The summed E-state index contributed by atoms with van der Waals surface area (Å²) < 4.78 is 0. The normalized spacial score (nSPS) is 19.2. The molecule has 0 saturated carbocycles. The highest BCUT2D eigenvalue weighted by atomic mass is 16.6. The van der Waals surface area contributed by atoms with Crippen molar-refractivity contribution < 1.29 is 14.8 Å². The Morgan fingerprint density at radius 1 is 1.63 bits per heavy atom. The van der Waals surface area contributed by atoms with Crippen LogP contribution in [0.4, 0.5) is 11.5 Å². The third-order valence-electron chi connectivity index (χ3n) is 3.01. The van der Waals surface area contributed by atoms with Gasteiger partial charge < -0.3 is 15.7 Å². The summed E-state index contributed by atoms with van der Waals surface area (Å²) in [6.07, 6.45) is 1.69. The SMILES string of the molecule is Nc1cc(C(=O)N2CCCC(O)C2)c([N+](=O)[O-])cn1. The zero-order valence-corrected chi connectivity index (χ0v) is 10.2. The number of β-amino-alcohol motifs (C(OH)–C–C–N with tert-alkyl or cyclic N) is 1. The van der Waals surface area contributed by atoms with Crippen LogP contribution in [0.15, 0.2) is 12.3 Å². The summed E-state index contributed by atoms with van der Waals surface area (Å²) >= 11 is 0. The minimum absolute atomic E-state index is 0.0477. The van der Waals surface area contributed by atoms with Crippen molar-refractivity contribution in [2.75, 3.05) is 18.8 Å². The van der Waals surface area contributed by atoms with E-state index in [1.807, 2.05) is 0 Å². The summed E-state index contributed by atoms with van der Waals surface area (Å²) in [7, 11) is 0. The fraction of sp³-hybridized carbons (Fsp3) is 0.455. The average molecular weight is 266 g/mol. The predicted octanol–water partition coefficient (Wildman–Crippen LogP) is 0.169. The monoisotopic (exact) mass is 266 g/mol. The van der Waals surface area contributed by atoms with Crippen LogP contribution in [-0.2, 0) is 0 Å². The van der Waals surface area contributed by atoms with Crippen molar-refractivity contribution >= 4 is 17.4 Å². The number of carbonyl (C=O) groups is 1. The molecule has 1 aliphatic rings. The van der Waals surface area contributed by atoms with Gasteiger partial charge in [0.2, 0.25) is 0 Å². The van der Waals surface area contributed by atoms with Crippen LogP contribution in [0.3, 0.4) is 0 Å². The maximum atomic E-state index is 12.2. The van der Waals surface area contributed by atoms with E-state index in [2.05, 4.69) is 4.98 Å². The largest absolute Gasteiger partial charge is 0.391 e. The first-order chi connectivity index (χ1) is 8.99. The number of nitrogen functional groups attached to an aromatic ring is 1. The minimum Gasteiger partial charge on any atom is -0.391 e. The van der Waals surface area contributed by atoms with Crippen LogP contribution in [0.25, 0.3) is 0 Å². The first-order valence-electron chi connectivity index (χ1n) is 5.86. The van der Waals surface area contributed by atoms with Gasteiger partial charge in [0, 0.05) is 13.1 Å². The van der Waals surface area contributed by atoms with Crippen LogP contribution in [0.5, 0.6) is 0 Å². The second-order valence-electron chi connectivity index (χ2n) is 4.43. The molecule has 1 amide bonds. The Balaban J connectivity index is 2.32. The van der Waals surface area contributed by atoms with Gasteiger partial charge in [-0.3, -0.25) is 14.9 Å². The number of aromatic nitrogens is 1. The van der Waals surface area contributed by atoms with Crippen molar-refractivity contribution in [3.05, 3.63) is 27.9 Å². The topological polar surface area (TPSA) is 123 Å². The molecule has 1 atom stereocenters. The van der Waals surface area contributed by atoms with Crippen molar-refractivity contribution in [1.29, 1.82) is 0 Å². The number of likely N-dealkylation sites (tertiary alicyclic amines) is 1. The van der Waals surface area contributed by atoms with E-state index in [1.165, 1.54) is 11.0 Å². The fourth-order valence-electron chi connectivity index (χ4n) is 2.09. The Bertz CT molecular complexity index is 519. The van der Waals surface area contributed by atoms with Gasteiger partial charge in [0.05, 0.1) is 11.0 Å². The van der Waals surface area contributed by atoms with Gasteiger partial charge in [-0.2, -0.15) is 0 Å². The lowest BCUT2D eigenvalue weighted by molar-refractivity contribution is -0.385. The molecule has 0 aromatic carbocycles. The van der Waals surface area contributed by atoms with E-state index in [0.29, 0.717) is 19.4 Å². The van der Waals surface area contributed by atoms with Gasteiger partial charge in [0.25, 0.3) is 11.6 Å². The number of aliphatic hydroxyl groups excluding tert-OH is 1. The van der Waals surface area contributed by atoms with E-state index in [9.17, 15) is 20.0 Å². The molecule has 1 aromatic rings. The molecular weight excluding hydrogens is 252 g/mol. The zero-order chi connectivity index (χ0) is 14.0. The summed E-state index contributed by atoms with van der Waals surface area (Å²) in [6, 6.07) is 1.20. The van der Waals surface area contributed by atoms with Gasteiger partial charge in [-0.15, -0.1) is 0 Å². The molecule has 0 spiro atoms. The van der Waals surface area contributed by atoms with E-state index < -0.39 is 16.9 Å². The highest BCUT2D eigenvalue weighted by Gasteiger charge is 2.28. The maximum Gasteiger partial charge on any atom is 0.300 e. The van der Waals surface area contributed by atoms with Crippen LogP contribution in [0.1, 0.15) is 23.2 Å². The number of nitro groups is 1. The van der Waals surface area contributed by atoms with Crippen molar-refractivity contribution in [3.63, 3.8) is 0 Å². The summed E-state index contributed by atoms with van der Waals surface area (Å²) in [6.45, 7) is 0.646. The van der Waals surface area contributed by atoms with Crippen molar-refractivity contribution in [3.8, 4) is 0 Å². The molecule has 3 N–H and O–H groups in total. The third kappa shape index (κ3) is 2.79. The Morgan fingerprint density at radius 2 is 2.37 bits per heavy atom. The molecule has 1 saturated heterocycles. The lowest BCUT2D eigenvalue weighted by Crippen LogP contribution is -2.42. The number of rotatable bonds is 2. The van der Waals surface area contributed by atoms with Crippen molar-refractivity contribution in [1.82, 2.24) is 9.88 Å². The molecule has 2 heterocycles. The smallest absolute Gasteiger partial charge is 0.300 e. The number of pyridine rings is 1. The number of amides is 1. The van der Waals surface area contributed by atoms with E-state index in [4.69, 9.17) is 5.73 Å². The van der Waals surface area contributed by atoms with Gasteiger partial charge in [0.15, 0.2) is 0 Å². The Hall–Kier alpha value is -2.22. The van der Waals surface area contributed by atoms with E-state index in [1.54, 1.807) is 0 Å². The number of aliphatic hydroxyl groups is 1. The molecule has 1 aromatic heterocycles. The van der Waals surface area contributed by atoms with Crippen LogP contribution in [0, 0.1) is 10.1 Å². The molecule has 2 rings (SSSR count). The second-order valence-corrected chi connectivity index (χ2v) is 4.43. The van der Waals surface area contributed by atoms with Gasteiger partial charge in [-0.05, 0) is 18.9 Å². The molecule has 0 bridgehead atoms. The molecule has 8 heteroatoms. The van der Waals surface area contributed by atoms with Gasteiger partial charge >= 0.3 is 0 Å². The lowest BCUT2D eigenvalue weighted by Gasteiger charge is -2.30. The lowest BCUT2D eigenvalue weighted by atomic mass is 10.1. The van der Waals surface area contributed by atoms with E-state index in [-0.39, 0.29) is 23.6 Å². The predicted molar refractivity (Wildman–Crippen MR) is 66.4 cm³/mol. The molecule has 19 heavy (non-hydrogen) atoms. The number of hydrogen-bond donors (Lipinski definition) is 2. The number of nitrogens with two attached hydrogens (primary N) is 1. The van der Waals surface area contributed by atoms with Crippen LogP contribution in [-0.4, -0.2) is 45.0 Å². The molecule has 1 unspecified atom stereocenters. The quantitative estimate of drug-likeness (QED) is 0.581. The fourth-order valence-corrected chi connectivity index (χ4v) is 2.09. The molecule has 1 aliphatic heterocycles. The minimum atomic E-state index is -0.667. The highest BCUT2D eigenvalue weighted by Crippen LogP contribution is 2.22. The number of nitrogens with zero attached hydrogens (tertiary/aromatic N) is 3. The Kier molecular flexibility index (Phi) is 3.61. The number of anilines is 1. The first kappa shape index (κ1) is 13.2. The Morgan fingerprint density at radius 3 is 3.00 bits per heavy atom. The van der Waals surface area contributed by atoms with Gasteiger partial charge in [-0.25, -0.2) is 4.98 Å². The van der Waals surface area contributed by atoms with E-state index in [0.717, 1.165) is 6.20 Å².